The van der Waals surface area contributed by atoms with Crippen molar-refractivity contribution in [3.8, 4) is 0 Å². The number of nitrogens with zero attached hydrogens (tertiary/aromatic N) is 1. The Kier molecular flexibility index (Phi) is 13.3. The van der Waals surface area contributed by atoms with E-state index < -0.39 is 60.6 Å². The molecule has 8 unspecified atom stereocenters. The molecule has 0 aromatic heterocycles. The molecule has 236 valence electrons. The van der Waals surface area contributed by atoms with Crippen LogP contribution in [-0.4, -0.2) is 116 Å². The minimum absolute atomic E-state index is 0.0611. The SMILES string of the molecule is COC(=O)[C@H](C)[C@@H](OC1CC(C)(OC)C(O)C(C)O1)[C@H](C)[C@@H](OC1OC(C)CC(N(C)C)C1O)[C@@H](C)C[C@@H](C)N. The van der Waals surface area contributed by atoms with Crippen LogP contribution in [0.25, 0.3) is 0 Å². The van der Waals surface area contributed by atoms with Crippen molar-refractivity contribution in [2.45, 2.75) is 135 Å². The molecular weight excluding hydrogens is 520 g/mol. The van der Waals surface area contributed by atoms with Crippen LogP contribution in [0.15, 0.2) is 0 Å². The molecular formula is C29H56N2O9. The van der Waals surface area contributed by atoms with Crippen LogP contribution in [0.2, 0.25) is 0 Å². The van der Waals surface area contributed by atoms with E-state index in [0.29, 0.717) is 12.8 Å². The number of carbonyl (C=O) groups is 1. The van der Waals surface area contributed by atoms with Gasteiger partial charge in [-0.05, 0) is 67.5 Å². The molecule has 2 aliphatic rings. The van der Waals surface area contributed by atoms with Crippen LogP contribution in [0.3, 0.4) is 0 Å². The van der Waals surface area contributed by atoms with Crippen molar-refractivity contribution in [3.63, 3.8) is 0 Å². The monoisotopic (exact) mass is 576 g/mol. The Morgan fingerprint density at radius 1 is 1.07 bits per heavy atom. The molecule has 14 atom stereocenters. The highest BCUT2D eigenvalue weighted by atomic mass is 16.7. The third-order valence-electron chi connectivity index (χ3n) is 8.76. The van der Waals surface area contributed by atoms with Crippen LogP contribution in [0.5, 0.6) is 0 Å². The van der Waals surface area contributed by atoms with Gasteiger partial charge in [-0.25, -0.2) is 0 Å². The molecule has 0 aromatic carbocycles. The van der Waals surface area contributed by atoms with Crippen LogP contribution < -0.4 is 5.73 Å². The molecule has 2 fully saturated rings. The Labute approximate surface area is 240 Å². The number of rotatable bonds is 13. The van der Waals surface area contributed by atoms with Gasteiger partial charge in [0, 0.05) is 31.5 Å². The summed E-state index contributed by atoms with van der Waals surface area (Å²) in [5, 5.41) is 21.9. The van der Waals surface area contributed by atoms with Crippen LogP contribution >= 0.6 is 0 Å². The smallest absolute Gasteiger partial charge is 0.311 e. The van der Waals surface area contributed by atoms with E-state index in [1.165, 1.54) is 7.11 Å². The summed E-state index contributed by atoms with van der Waals surface area (Å²) in [6.45, 7) is 13.3. The standard InChI is InChI=1S/C29H56N2O9/c1-15(12-16(2)30)24(40-28-23(32)21(31(8)9)13-17(3)37-28)18(4)25(19(5)27(34)35-10)39-22-14-29(7,36-11)26(33)20(6)38-22/h15-26,28,32-33H,12-14,30H2,1-11H3/t15-,16+,17?,18+,19+,20?,21?,22?,23?,24-,25-,26?,28?,29?/m0/s1. The van der Waals surface area contributed by atoms with Gasteiger partial charge in [0.25, 0.3) is 0 Å². The molecule has 0 amide bonds. The Bertz CT molecular complexity index is 787. The Morgan fingerprint density at radius 3 is 2.23 bits per heavy atom. The third-order valence-corrected chi connectivity index (χ3v) is 8.76. The molecule has 4 N–H and O–H groups in total. The summed E-state index contributed by atoms with van der Waals surface area (Å²) in [7, 11) is 6.76. The van der Waals surface area contributed by atoms with Gasteiger partial charge >= 0.3 is 5.97 Å². The predicted octanol–water partition coefficient (Wildman–Crippen LogP) is 1.90. The van der Waals surface area contributed by atoms with Gasteiger partial charge in [0.1, 0.15) is 12.2 Å². The summed E-state index contributed by atoms with van der Waals surface area (Å²) in [6.07, 6.45) is -3.58. The minimum Gasteiger partial charge on any atom is -0.469 e. The number of nitrogens with two attached hydrogens (primary N) is 1. The number of aliphatic hydroxyl groups excluding tert-OH is 2. The number of likely N-dealkylation sites (N-methyl/N-ethyl adjacent to an activating group) is 1. The van der Waals surface area contributed by atoms with Crippen LogP contribution in [0, 0.1) is 17.8 Å². The quantitative estimate of drug-likeness (QED) is 0.277. The Balaban J connectivity index is 2.42. The second-order valence-electron chi connectivity index (χ2n) is 12.6. The van der Waals surface area contributed by atoms with E-state index in [2.05, 4.69) is 0 Å². The zero-order valence-corrected chi connectivity index (χ0v) is 26.4. The van der Waals surface area contributed by atoms with Gasteiger partial charge in [-0.2, -0.15) is 0 Å². The Morgan fingerprint density at radius 2 is 1.70 bits per heavy atom. The number of aliphatic hydroxyl groups is 2. The number of ether oxygens (including phenoxy) is 6. The van der Waals surface area contributed by atoms with E-state index in [-0.39, 0.29) is 36.4 Å². The summed E-state index contributed by atoms with van der Waals surface area (Å²) in [5.74, 6) is -1.52. The first kappa shape index (κ1) is 35.3. The first-order valence-electron chi connectivity index (χ1n) is 14.6. The maximum Gasteiger partial charge on any atom is 0.311 e. The third kappa shape index (κ3) is 8.58. The molecule has 0 bridgehead atoms. The van der Waals surface area contributed by atoms with E-state index in [4.69, 9.17) is 34.2 Å². The number of methoxy groups -OCH3 is 2. The largest absolute Gasteiger partial charge is 0.469 e. The van der Waals surface area contributed by atoms with Crippen molar-refractivity contribution in [2.75, 3.05) is 28.3 Å². The molecule has 0 saturated carbocycles. The lowest BCUT2D eigenvalue weighted by molar-refractivity contribution is -0.308. The van der Waals surface area contributed by atoms with Crippen LogP contribution in [0.4, 0.5) is 0 Å². The van der Waals surface area contributed by atoms with Crippen molar-refractivity contribution < 1.29 is 43.4 Å². The fourth-order valence-corrected chi connectivity index (χ4v) is 6.28. The van der Waals surface area contributed by atoms with Gasteiger partial charge in [0.15, 0.2) is 12.6 Å². The number of hydrogen-bond acceptors (Lipinski definition) is 11. The van der Waals surface area contributed by atoms with Gasteiger partial charge in [-0.15, -0.1) is 0 Å². The molecule has 2 rings (SSSR count). The summed E-state index contributed by atoms with van der Waals surface area (Å²) in [4.78, 5) is 14.8. The topological polar surface area (TPSA) is 142 Å². The minimum atomic E-state index is -0.889. The fraction of sp³-hybridized carbons (Fsp3) is 0.966. The lowest BCUT2D eigenvalue weighted by atomic mass is 9.81. The van der Waals surface area contributed by atoms with Crippen molar-refractivity contribution in [2.24, 2.45) is 23.5 Å². The summed E-state index contributed by atoms with van der Waals surface area (Å²) in [5.41, 5.74) is 5.31. The molecule has 40 heavy (non-hydrogen) atoms. The van der Waals surface area contributed by atoms with E-state index >= 15 is 0 Å². The van der Waals surface area contributed by atoms with E-state index in [9.17, 15) is 15.0 Å². The highest BCUT2D eigenvalue weighted by Gasteiger charge is 2.48. The maximum absolute atomic E-state index is 12.8. The molecule has 11 nitrogen and oxygen atoms in total. The first-order valence-corrected chi connectivity index (χ1v) is 14.6. The molecule has 2 heterocycles. The molecule has 2 saturated heterocycles. The molecule has 2 aliphatic heterocycles. The van der Waals surface area contributed by atoms with Gasteiger partial charge < -0.3 is 49.3 Å². The zero-order chi connectivity index (χ0) is 30.5. The van der Waals surface area contributed by atoms with Crippen molar-refractivity contribution in [1.29, 1.82) is 0 Å². The van der Waals surface area contributed by atoms with Crippen molar-refractivity contribution in [3.05, 3.63) is 0 Å². The molecule has 0 spiro atoms. The average molecular weight is 577 g/mol. The molecule has 11 heteroatoms. The summed E-state index contributed by atoms with van der Waals surface area (Å²) < 4.78 is 36.1. The second kappa shape index (κ2) is 15.0. The average Bonchev–Trinajstić information content (AvgIpc) is 2.88. The lowest BCUT2D eigenvalue weighted by Gasteiger charge is -2.47. The molecule has 0 radical (unpaired) electrons. The molecule has 0 aromatic rings. The highest BCUT2D eigenvalue weighted by Crippen LogP contribution is 2.37. The highest BCUT2D eigenvalue weighted by molar-refractivity contribution is 5.72. The first-order chi connectivity index (χ1) is 18.6. The van der Waals surface area contributed by atoms with Gasteiger partial charge in [0.05, 0.1) is 43.0 Å². The van der Waals surface area contributed by atoms with Gasteiger partial charge in [-0.1, -0.05) is 13.8 Å². The van der Waals surface area contributed by atoms with Gasteiger partial charge in [0.2, 0.25) is 0 Å². The van der Waals surface area contributed by atoms with E-state index in [1.54, 1.807) is 21.0 Å². The number of esters is 1. The fourth-order valence-electron chi connectivity index (χ4n) is 6.28. The van der Waals surface area contributed by atoms with Crippen LogP contribution in [-0.2, 0) is 33.2 Å². The predicted molar refractivity (Wildman–Crippen MR) is 150 cm³/mol. The molecule has 0 aliphatic carbocycles. The normalized spacial score (nSPS) is 37.8. The number of carbonyl (C=O) groups excluding carboxylic acids is 1. The van der Waals surface area contributed by atoms with Crippen LogP contribution in [0.1, 0.15) is 67.7 Å². The zero-order valence-electron chi connectivity index (χ0n) is 26.4. The number of hydrogen-bond donors (Lipinski definition) is 3. The van der Waals surface area contributed by atoms with Crippen molar-refractivity contribution in [1.82, 2.24) is 4.90 Å². The lowest BCUT2D eigenvalue weighted by Crippen LogP contribution is -2.58. The summed E-state index contributed by atoms with van der Waals surface area (Å²) >= 11 is 0. The second-order valence-corrected chi connectivity index (χ2v) is 12.6. The van der Waals surface area contributed by atoms with E-state index in [1.807, 2.05) is 53.6 Å². The van der Waals surface area contributed by atoms with Crippen molar-refractivity contribution >= 4 is 5.97 Å². The van der Waals surface area contributed by atoms with Gasteiger partial charge in [-0.3, -0.25) is 4.79 Å². The van der Waals surface area contributed by atoms with E-state index in [0.717, 1.165) is 0 Å². The maximum atomic E-state index is 12.8. The Hall–Kier alpha value is -0.890. The summed E-state index contributed by atoms with van der Waals surface area (Å²) in [6, 6.07) is -0.229.